The fourth-order valence-electron chi connectivity index (χ4n) is 4.53. The third-order valence-corrected chi connectivity index (χ3v) is 8.24. The van der Waals surface area contributed by atoms with Crippen LogP contribution in [0.2, 0.25) is 0 Å². The Kier molecular flexibility index (Phi) is 7.42. The second-order valence-electron chi connectivity index (χ2n) is 8.72. The van der Waals surface area contributed by atoms with E-state index in [9.17, 15) is 14.4 Å². The number of nitrogens with zero attached hydrogens (tertiary/aromatic N) is 2. The van der Waals surface area contributed by atoms with Gasteiger partial charge in [-0.25, -0.2) is 4.98 Å². The molecule has 7 nitrogen and oxygen atoms in total. The van der Waals surface area contributed by atoms with Crippen molar-refractivity contribution in [3.63, 3.8) is 0 Å². The zero-order valence-corrected chi connectivity index (χ0v) is 21.7. The maximum absolute atomic E-state index is 13.2. The normalized spacial score (nSPS) is 13.1. The van der Waals surface area contributed by atoms with Gasteiger partial charge >= 0.3 is 0 Å². The highest BCUT2D eigenvalue weighted by atomic mass is 32.2. The predicted molar refractivity (Wildman–Crippen MR) is 139 cm³/mol. The topological polar surface area (TPSA) is 93.1 Å². The number of aryl methyl sites for hydroxylation is 5. The van der Waals surface area contributed by atoms with Crippen molar-refractivity contribution in [1.29, 1.82) is 0 Å². The van der Waals surface area contributed by atoms with Crippen LogP contribution in [-0.4, -0.2) is 33.7 Å². The molecular weight excluding hydrogens is 468 g/mol. The van der Waals surface area contributed by atoms with Gasteiger partial charge in [-0.05, 0) is 70.1 Å². The molecule has 3 aromatic rings. The number of nitrogens with one attached hydrogen (secondary N) is 2. The van der Waals surface area contributed by atoms with Gasteiger partial charge in [-0.15, -0.1) is 11.3 Å². The van der Waals surface area contributed by atoms with E-state index in [1.165, 1.54) is 22.2 Å². The van der Waals surface area contributed by atoms with Crippen molar-refractivity contribution >= 4 is 50.8 Å². The van der Waals surface area contributed by atoms with Gasteiger partial charge in [0.2, 0.25) is 11.8 Å². The molecule has 0 saturated heterocycles. The summed E-state index contributed by atoms with van der Waals surface area (Å²) < 4.78 is 1.65. The van der Waals surface area contributed by atoms with Gasteiger partial charge in [0, 0.05) is 17.1 Å². The summed E-state index contributed by atoms with van der Waals surface area (Å²) in [6.07, 6.45) is 4.21. The first kappa shape index (κ1) is 24.5. The molecule has 34 heavy (non-hydrogen) atoms. The number of anilines is 1. The first-order chi connectivity index (χ1) is 16.3. The van der Waals surface area contributed by atoms with Crippen LogP contribution in [0, 0.1) is 20.8 Å². The molecule has 1 aliphatic carbocycles. The molecule has 0 saturated carbocycles. The first-order valence-corrected chi connectivity index (χ1v) is 13.4. The van der Waals surface area contributed by atoms with Crippen LogP contribution < -0.4 is 16.2 Å². The average molecular weight is 499 g/mol. The molecule has 180 valence electrons. The first-order valence-electron chi connectivity index (χ1n) is 11.6. The van der Waals surface area contributed by atoms with Crippen LogP contribution in [0.4, 0.5) is 5.69 Å². The van der Waals surface area contributed by atoms with Gasteiger partial charge in [0.25, 0.3) is 5.56 Å². The van der Waals surface area contributed by atoms with Crippen LogP contribution in [0.15, 0.2) is 22.1 Å². The lowest BCUT2D eigenvalue weighted by atomic mass is 9.97. The van der Waals surface area contributed by atoms with E-state index >= 15 is 0 Å². The highest BCUT2D eigenvalue weighted by molar-refractivity contribution is 7.99. The minimum atomic E-state index is -0.278. The van der Waals surface area contributed by atoms with Crippen molar-refractivity contribution in [2.75, 3.05) is 17.6 Å². The van der Waals surface area contributed by atoms with E-state index in [0.29, 0.717) is 11.7 Å². The van der Waals surface area contributed by atoms with Crippen molar-refractivity contribution in [2.45, 2.75) is 65.1 Å². The summed E-state index contributed by atoms with van der Waals surface area (Å²) >= 11 is 2.84. The number of aromatic nitrogens is 2. The van der Waals surface area contributed by atoms with E-state index in [2.05, 4.69) is 10.6 Å². The highest BCUT2D eigenvalue weighted by Crippen LogP contribution is 2.34. The third kappa shape index (κ3) is 5.05. The van der Waals surface area contributed by atoms with E-state index in [0.717, 1.165) is 58.3 Å². The van der Waals surface area contributed by atoms with Gasteiger partial charge in [0.05, 0.1) is 17.7 Å². The number of fused-ring (bicyclic) bond motifs is 3. The molecule has 0 radical (unpaired) electrons. The smallest absolute Gasteiger partial charge is 0.263 e. The lowest BCUT2D eigenvalue weighted by molar-refractivity contribution is -0.122. The van der Waals surface area contributed by atoms with Crippen LogP contribution in [0.25, 0.3) is 10.2 Å². The molecule has 0 atom stereocenters. The molecule has 0 aliphatic heterocycles. The Morgan fingerprint density at radius 3 is 2.53 bits per heavy atom. The Bertz CT molecular complexity index is 1300. The number of thioether (sulfide) groups is 1. The molecule has 1 aliphatic rings. The fourth-order valence-corrected chi connectivity index (χ4v) is 6.73. The Balaban J connectivity index is 1.39. The van der Waals surface area contributed by atoms with Crippen molar-refractivity contribution < 1.29 is 9.59 Å². The lowest BCUT2D eigenvalue weighted by Crippen LogP contribution is -2.34. The van der Waals surface area contributed by atoms with E-state index < -0.39 is 0 Å². The van der Waals surface area contributed by atoms with E-state index in [4.69, 9.17) is 4.98 Å². The number of thiophene rings is 1. The van der Waals surface area contributed by atoms with Gasteiger partial charge in [-0.2, -0.15) is 0 Å². The summed E-state index contributed by atoms with van der Waals surface area (Å²) in [5.41, 5.74) is 5.05. The number of hydrogen-bond donors (Lipinski definition) is 2. The maximum atomic E-state index is 13.2. The van der Waals surface area contributed by atoms with Gasteiger partial charge in [-0.3, -0.25) is 19.0 Å². The Labute approximate surface area is 207 Å². The SMILES string of the molecule is CCn1c(SCC(=O)NCC(=O)Nc2c(C)cc(C)cc2C)nc2sc3c(c2c1=O)CCCC3. The monoisotopic (exact) mass is 498 g/mol. The van der Waals surface area contributed by atoms with E-state index in [-0.39, 0.29) is 29.7 Å². The molecule has 0 spiro atoms. The minimum Gasteiger partial charge on any atom is -0.346 e. The van der Waals surface area contributed by atoms with E-state index in [1.807, 2.05) is 39.8 Å². The summed E-state index contributed by atoms with van der Waals surface area (Å²) in [5, 5.41) is 6.86. The molecule has 9 heteroatoms. The van der Waals surface area contributed by atoms with Crippen LogP contribution >= 0.6 is 23.1 Å². The van der Waals surface area contributed by atoms with Gasteiger partial charge in [0.1, 0.15) is 4.83 Å². The number of rotatable bonds is 7. The molecule has 4 rings (SSSR count). The second kappa shape index (κ2) is 10.3. The van der Waals surface area contributed by atoms with Crippen LogP contribution in [0.1, 0.15) is 46.9 Å². The number of carbonyl (C=O) groups is 2. The van der Waals surface area contributed by atoms with Crippen LogP contribution in [0.3, 0.4) is 0 Å². The van der Waals surface area contributed by atoms with Gasteiger partial charge in [-0.1, -0.05) is 29.5 Å². The molecule has 2 N–H and O–H groups in total. The predicted octanol–water partition coefficient (Wildman–Crippen LogP) is 4.13. The number of carbonyl (C=O) groups excluding carboxylic acids is 2. The zero-order chi connectivity index (χ0) is 24.4. The number of amides is 2. The van der Waals surface area contributed by atoms with Gasteiger partial charge < -0.3 is 10.6 Å². The molecule has 2 amide bonds. The number of hydrogen-bond acceptors (Lipinski definition) is 6. The summed E-state index contributed by atoms with van der Waals surface area (Å²) in [7, 11) is 0. The van der Waals surface area contributed by atoms with Crippen molar-refractivity contribution in [3.05, 3.63) is 49.6 Å². The minimum absolute atomic E-state index is 0.0157. The largest absolute Gasteiger partial charge is 0.346 e. The molecule has 1 aromatic carbocycles. The summed E-state index contributed by atoms with van der Waals surface area (Å²) in [6, 6.07) is 4.03. The quantitative estimate of drug-likeness (QED) is 0.377. The molecular formula is C25H30N4O3S2. The summed E-state index contributed by atoms with van der Waals surface area (Å²) in [6.45, 7) is 8.21. The van der Waals surface area contributed by atoms with Crippen LogP contribution in [0.5, 0.6) is 0 Å². The van der Waals surface area contributed by atoms with E-state index in [1.54, 1.807) is 15.9 Å². The summed E-state index contributed by atoms with van der Waals surface area (Å²) in [5.74, 6) is -0.471. The molecule has 0 unspecified atom stereocenters. The standard InChI is InChI=1S/C25H30N4O3S2/c1-5-29-24(32)21-17-8-6-7-9-18(17)34-23(21)28-25(29)33-13-20(31)26-12-19(30)27-22-15(3)10-14(2)11-16(22)4/h10-11H,5-9,12-13H2,1-4H3,(H,26,31)(H,27,30). The lowest BCUT2D eigenvalue weighted by Gasteiger charge is -2.13. The van der Waals surface area contributed by atoms with Crippen molar-refractivity contribution in [1.82, 2.24) is 14.9 Å². The maximum Gasteiger partial charge on any atom is 0.263 e. The van der Waals surface area contributed by atoms with Crippen LogP contribution in [-0.2, 0) is 29.0 Å². The second-order valence-corrected chi connectivity index (χ2v) is 10.7. The Morgan fingerprint density at radius 1 is 1.12 bits per heavy atom. The van der Waals surface area contributed by atoms with Crippen molar-refractivity contribution in [2.24, 2.45) is 0 Å². The molecule has 2 aromatic heterocycles. The molecule has 0 fully saturated rings. The Morgan fingerprint density at radius 2 is 1.82 bits per heavy atom. The molecule has 0 bridgehead atoms. The summed E-state index contributed by atoms with van der Waals surface area (Å²) in [4.78, 5) is 44.8. The Hall–Kier alpha value is -2.65. The highest BCUT2D eigenvalue weighted by Gasteiger charge is 2.22. The average Bonchev–Trinajstić information content (AvgIpc) is 3.17. The third-order valence-electron chi connectivity index (χ3n) is 6.08. The van der Waals surface area contributed by atoms with Crippen molar-refractivity contribution in [3.8, 4) is 0 Å². The van der Waals surface area contributed by atoms with Gasteiger partial charge in [0.15, 0.2) is 5.16 Å². The zero-order valence-electron chi connectivity index (χ0n) is 20.0. The number of benzene rings is 1. The molecule has 2 heterocycles. The fraction of sp³-hybridized carbons (Fsp3) is 0.440.